The Kier molecular flexibility index (Phi) is 3.70. The van der Waals surface area contributed by atoms with E-state index in [2.05, 4.69) is 25.3 Å². The number of aryl methyl sites for hydroxylation is 1. The van der Waals surface area contributed by atoms with Crippen molar-refractivity contribution in [1.29, 1.82) is 0 Å². The predicted octanol–water partition coefficient (Wildman–Crippen LogP) is -0.206. The minimum Gasteiger partial charge on any atom is -0.369 e. The van der Waals surface area contributed by atoms with Crippen LogP contribution in [0.15, 0.2) is 12.4 Å². The van der Waals surface area contributed by atoms with Gasteiger partial charge in [-0.1, -0.05) is 0 Å². The highest BCUT2D eigenvalue weighted by Crippen LogP contribution is 2.17. The number of aromatic nitrogens is 4. The Balaban J connectivity index is 1.67. The monoisotopic (exact) mass is 289 g/mol. The van der Waals surface area contributed by atoms with Gasteiger partial charge in [-0.15, -0.1) is 0 Å². The second kappa shape index (κ2) is 5.65. The van der Waals surface area contributed by atoms with Gasteiger partial charge >= 0.3 is 0 Å². The molecule has 1 fully saturated rings. The summed E-state index contributed by atoms with van der Waals surface area (Å²) in [6, 6.07) is 2.32. The summed E-state index contributed by atoms with van der Waals surface area (Å²) in [5.74, 6) is 1.24. The Bertz CT molecular complexity index is 645. The predicted molar refractivity (Wildman–Crippen MR) is 77.8 cm³/mol. The summed E-state index contributed by atoms with van der Waals surface area (Å²) in [7, 11) is 0. The van der Waals surface area contributed by atoms with Crippen molar-refractivity contribution in [2.75, 3.05) is 25.0 Å². The van der Waals surface area contributed by atoms with Gasteiger partial charge in [0.1, 0.15) is 12.1 Å². The van der Waals surface area contributed by atoms with Gasteiger partial charge in [-0.2, -0.15) is 14.6 Å². The summed E-state index contributed by atoms with van der Waals surface area (Å²) in [5.41, 5.74) is 6.13. The molecule has 0 aromatic carbocycles. The van der Waals surface area contributed by atoms with Crippen molar-refractivity contribution >= 4 is 17.5 Å². The van der Waals surface area contributed by atoms with E-state index in [4.69, 9.17) is 5.73 Å². The lowest BCUT2D eigenvalue weighted by Gasteiger charge is -2.31. The Labute approximate surface area is 122 Å². The molecule has 1 aliphatic rings. The highest BCUT2D eigenvalue weighted by molar-refractivity contribution is 5.75. The molecule has 0 bridgehead atoms. The number of hydrogen-bond donors (Lipinski definition) is 2. The fourth-order valence-corrected chi connectivity index (χ4v) is 2.70. The number of likely N-dealkylation sites (tertiary alicyclic amines) is 1. The molecule has 3 rings (SSSR count). The minimum atomic E-state index is -0.268. The molecule has 1 amide bonds. The second-order valence-electron chi connectivity index (χ2n) is 5.42. The van der Waals surface area contributed by atoms with Gasteiger partial charge in [-0.05, 0) is 19.8 Å². The van der Waals surface area contributed by atoms with Crippen molar-refractivity contribution in [3.63, 3.8) is 0 Å². The maximum atomic E-state index is 10.9. The van der Waals surface area contributed by atoms with E-state index in [0.29, 0.717) is 18.4 Å². The third-order valence-electron chi connectivity index (χ3n) is 3.70. The zero-order valence-corrected chi connectivity index (χ0v) is 12.0. The van der Waals surface area contributed by atoms with Crippen LogP contribution in [0.5, 0.6) is 0 Å². The van der Waals surface area contributed by atoms with Gasteiger partial charge in [0.25, 0.3) is 5.78 Å². The van der Waals surface area contributed by atoms with E-state index in [-0.39, 0.29) is 5.91 Å². The average Bonchev–Trinajstić information content (AvgIpc) is 2.88. The van der Waals surface area contributed by atoms with E-state index in [9.17, 15) is 4.79 Å². The number of amides is 1. The van der Waals surface area contributed by atoms with Gasteiger partial charge in [0.15, 0.2) is 0 Å². The van der Waals surface area contributed by atoms with Crippen molar-refractivity contribution in [2.45, 2.75) is 25.8 Å². The van der Waals surface area contributed by atoms with E-state index >= 15 is 0 Å². The number of piperidine rings is 1. The molecule has 0 unspecified atom stereocenters. The van der Waals surface area contributed by atoms with Crippen molar-refractivity contribution in [3.05, 3.63) is 18.1 Å². The van der Waals surface area contributed by atoms with E-state index in [1.165, 1.54) is 6.33 Å². The number of anilines is 1. The zero-order chi connectivity index (χ0) is 14.8. The molecular weight excluding hydrogens is 270 g/mol. The lowest BCUT2D eigenvalue weighted by Crippen LogP contribution is -2.43. The van der Waals surface area contributed by atoms with Crippen molar-refractivity contribution < 1.29 is 4.79 Å². The first-order chi connectivity index (χ1) is 10.1. The average molecular weight is 289 g/mol. The van der Waals surface area contributed by atoms with Gasteiger partial charge in [0.05, 0.1) is 6.54 Å². The number of carbonyl (C=O) groups is 1. The molecule has 1 saturated heterocycles. The van der Waals surface area contributed by atoms with Crippen LogP contribution in [0.4, 0.5) is 5.82 Å². The van der Waals surface area contributed by atoms with Crippen molar-refractivity contribution in [1.82, 2.24) is 24.5 Å². The van der Waals surface area contributed by atoms with E-state index in [1.807, 2.05) is 13.0 Å². The van der Waals surface area contributed by atoms with Crippen LogP contribution in [0, 0.1) is 6.92 Å². The van der Waals surface area contributed by atoms with Crippen LogP contribution in [0.1, 0.15) is 18.5 Å². The van der Waals surface area contributed by atoms with Crippen LogP contribution < -0.4 is 11.1 Å². The van der Waals surface area contributed by atoms with Gasteiger partial charge in [-0.3, -0.25) is 9.69 Å². The number of carbonyl (C=O) groups excluding carboxylic acids is 1. The molecule has 0 radical (unpaired) electrons. The number of nitrogens with zero attached hydrogens (tertiary/aromatic N) is 5. The Morgan fingerprint density at radius 2 is 2.24 bits per heavy atom. The largest absolute Gasteiger partial charge is 0.369 e. The molecule has 8 heteroatoms. The molecule has 2 aromatic heterocycles. The number of primary amides is 1. The number of nitrogens with one attached hydrogen (secondary N) is 1. The molecule has 21 heavy (non-hydrogen) atoms. The molecule has 1 aliphatic heterocycles. The second-order valence-corrected chi connectivity index (χ2v) is 5.42. The van der Waals surface area contributed by atoms with Crippen LogP contribution in [-0.2, 0) is 4.79 Å². The first-order valence-electron chi connectivity index (χ1n) is 7.06. The lowest BCUT2D eigenvalue weighted by molar-refractivity contribution is -0.119. The normalized spacial score (nSPS) is 17.2. The summed E-state index contributed by atoms with van der Waals surface area (Å²) in [4.78, 5) is 21.5. The summed E-state index contributed by atoms with van der Waals surface area (Å²) < 4.78 is 1.71. The first-order valence-corrected chi connectivity index (χ1v) is 7.06. The van der Waals surface area contributed by atoms with E-state index in [0.717, 1.165) is 37.4 Å². The van der Waals surface area contributed by atoms with Crippen molar-refractivity contribution in [2.24, 2.45) is 5.73 Å². The van der Waals surface area contributed by atoms with E-state index in [1.54, 1.807) is 4.52 Å². The fraction of sp³-hybridized carbons (Fsp3) is 0.538. The minimum absolute atomic E-state index is 0.268. The molecule has 0 spiro atoms. The van der Waals surface area contributed by atoms with Crippen LogP contribution in [0.2, 0.25) is 0 Å². The van der Waals surface area contributed by atoms with E-state index < -0.39 is 0 Å². The van der Waals surface area contributed by atoms with Gasteiger partial charge in [-0.25, -0.2) is 4.98 Å². The third-order valence-corrected chi connectivity index (χ3v) is 3.70. The summed E-state index contributed by atoms with van der Waals surface area (Å²) in [6.07, 6.45) is 3.43. The number of fused-ring (bicyclic) bond motifs is 1. The summed E-state index contributed by atoms with van der Waals surface area (Å²) >= 11 is 0. The smallest absolute Gasteiger partial charge is 0.254 e. The molecule has 2 aromatic rings. The van der Waals surface area contributed by atoms with Crippen LogP contribution in [0.25, 0.3) is 5.78 Å². The summed E-state index contributed by atoms with van der Waals surface area (Å²) in [6.45, 7) is 4.01. The highest BCUT2D eigenvalue weighted by atomic mass is 16.1. The molecule has 3 heterocycles. The van der Waals surface area contributed by atoms with Gasteiger partial charge in [0, 0.05) is 30.9 Å². The standard InChI is InChI=1S/C13H19N7O/c1-9-6-12(20-13(17-9)15-8-16-20)18-10-2-4-19(5-3-10)7-11(14)21/h6,8,10,18H,2-5,7H2,1H3,(H2,14,21). The number of rotatable bonds is 4. The topological polar surface area (TPSA) is 101 Å². The molecule has 112 valence electrons. The number of nitrogens with two attached hydrogens (primary N) is 1. The van der Waals surface area contributed by atoms with Crippen LogP contribution in [-0.4, -0.2) is 56.1 Å². The molecule has 3 N–H and O–H groups in total. The molecule has 0 atom stereocenters. The zero-order valence-electron chi connectivity index (χ0n) is 12.0. The maximum absolute atomic E-state index is 10.9. The highest BCUT2D eigenvalue weighted by Gasteiger charge is 2.21. The fourth-order valence-electron chi connectivity index (χ4n) is 2.70. The molecule has 0 aliphatic carbocycles. The lowest BCUT2D eigenvalue weighted by atomic mass is 10.1. The Hall–Kier alpha value is -2.22. The number of hydrogen-bond acceptors (Lipinski definition) is 6. The summed E-state index contributed by atoms with van der Waals surface area (Å²) in [5, 5.41) is 7.69. The molecule has 8 nitrogen and oxygen atoms in total. The Morgan fingerprint density at radius 1 is 1.48 bits per heavy atom. The van der Waals surface area contributed by atoms with Gasteiger partial charge < -0.3 is 11.1 Å². The maximum Gasteiger partial charge on any atom is 0.254 e. The molecular formula is C13H19N7O. The van der Waals surface area contributed by atoms with Crippen molar-refractivity contribution in [3.8, 4) is 0 Å². The Morgan fingerprint density at radius 3 is 2.95 bits per heavy atom. The van der Waals surface area contributed by atoms with Crippen LogP contribution >= 0.6 is 0 Å². The first kappa shape index (κ1) is 13.7. The van der Waals surface area contributed by atoms with Crippen LogP contribution in [0.3, 0.4) is 0 Å². The van der Waals surface area contributed by atoms with Gasteiger partial charge in [0.2, 0.25) is 5.91 Å². The third kappa shape index (κ3) is 3.10. The SMILES string of the molecule is Cc1cc(NC2CCN(CC(N)=O)CC2)n2ncnc2n1. The quantitative estimate of drug-likeness (QED) is 0.808. The molecule has 0 saturated carbocycles.